The molecule has 0 amide bonds. The van der Waals surface area contributed by atoms with Crippen LogP contribution in [0.5, 0.6) is 0 Å². The van der Waals surface area contributed by atoms with Gasteiger partial charge in [-0.1, -0.05) is 35.5 Å². The summed E-state index contributed by atoms with van der Waals surface area (Å²) in [6.07, 6.45) is 0. The van der Waals surface area contributed by atoms with Crippen molar-refractivity contribution in [1.82, 2.24) is 4.98 Å². The maximum absolute atomic E-state index is 12.9. The third-order valence-corrected chi connectivity index (χ3v) is 2.84. The Labute approximate surface area is 96.3 Å². The van der Waals surface area contributed by atoms with Gasteiger partial charge in [-0.25, -0.2) is 9.37 Å². The van der Waals surface area contributed by atoms with Gasteiger partial charge in [0.1, 0.15) is 16.0 Å². The van der Waals surface area contributed by atoms with E-state index in [-0.39, 0.29) is 5.82 Å². The molecule has 15 heavy (non-hydrogen) atoms. The summed E-state index contributed by atoms with van der Waals surface area (Å²) in [5.74, 6) is -0.248. The van der Waals surface area contributed by atoms with E-state index in [1.54, 1.807) is 12.1 Å². The molecule has 4 heteroatoms. The number of benzene rings is 1. The first-order valence-electron chi connectivity index (χ1n) is 4.30. The fourth-order valence-corrected chi connectivity index (χ4v) is 2.16. The first-order chi connectivity index (χ1) is 7.24. The van der Waals surface area contributed by atoms with Gasteiger partial charge in [-0.2, -0.15) is 0 Å². The molecule has 0 N–H and O–H groups in total. The largest absolute Gasteiger partial charge is 0.229 e. The molecule has 0 saturated heterocycles. The zero-order chi connectivity index (χ0) is 10.7. The molecule has 1 nitrogen and oxygen atoms in total. The highest BCUT2D eigenvalue weighted by Gasteiger charge is 2.00. The molecule has 0 atom stereocenters. The van der Waals surface area contributed by atoms with Gasteiger partial charge in [-0.3, -0.25) is 0 Å². The van der Waals surface area contributed by atoms with E-state index in [2.05, 4.69) is 4.98 Å². The van der Waals surface area contributed by atoms with Crippen LogP contribution in [-0.2, 0) is 0 Å². The molecule has 0 aliphatic heterocycles. The normalized spacial score (nSPS) is 10.3. The van der Waals surface area contributed by atoms with Gasteiger partial charge < -0.3 is 0 Å². The standard InChI is InChI=1S/C11H7ClFNS/c12-10-5-2-6-11(14-10)15-9-4-1-3-8(13)7-9/h1-7H. The molecular formula is C11H7ClFNS. The zero-order valence-electron chi connectivity index (χ0n) is 7.65. The minimum absolute atomic E-state index is 0.248. The Morgan fingerprint density at radius 2 is 1.93 bits per heavy atom. The van der Waals surface area contributed by atoms with Gasteiger partial charge in [-0.05, 0) is 30.3 Å². The molecule has 0 bridgehead atoms. The van der Waals surface area contributed by atoms with Crippen LogP contribution in [0, 0.1) is 5.82 Å². The molecule has 2 rings (SSSR count). The molecule has 1 aromatic heterocycles. The highest BCUT2D eigenvalue weighted by Crippen LogP contribution is 2.26. The van der Waals surface area contributed by atoms with E-state index in [4.69, 9.17) is 11.6 Å². The molecule has 0 spiro atoms. The van der Waals surface area contributed by atoms with Gasteiger partial charge in [0.25, 0.3) is 0 Å². The second-order valence-corrected chi connectivity index (χ2v) is 4.34. The van der Waals surface area contributed by atoms with E-state index in [0.717, 1.165) is 9.92 Å². The molecule has 0 aliphatic carbocycles. The fraction of sp³-hybridized carbons (Fsp3) is 0. The second kappa shape index (κ2) is 4.64. The number of hydrogen-bond acceptors (Lipinski definition) is 2. The van der Waals surface area contributed by atoms with Crippen molar-refractivity contribution in [3.63, 3.8) is 0 Å². The summed E-state index contributed by atoms with van der Waals surface area (Å²) >= 11 is 7.12. The summed E-state index contributed by atoms with van der Waals surface area (Å²) in [6, 6.07) is 11.7. The predicted molar refractivity (Wildman–Crippen MR) is 59.8 cm³/mol. The van der Waals surface area contributed by atoms with Crippen LogP contribution in [0.2, 0.25) is 5.15 Å². The fourth-order valence-electron chi connectivity index (χ4n) is 1.10. The topological polar surface area (TPSA) is 12.9 Å². The lowest BCUT2D eigenvalue weighted by atomic mass is 10.4. The van der Waals surface area contributed by atoms with Crippen molar-refractivity contribution < 1.29 is 4.39 Å². The molecule has 2 aromatic rings. The third-order valence-electron chi connectivity index (χ3n) is 1.71. The van der Waals surface area contributed by atoms with Crippen molar-refractivity contribution in [2.75, 3.05) is 0 Å². The van der Waals surface area contributed by atoms with E-state index >= 15 is 0 Å². The molecule has 76 valence electrons. The Balaban J connectivity index is 2.22. The van der Waals surface area contributed by atoms with Crippen molar-refractivity contribution in [2.45, 2.75) is 9.92 Å². The van der Waals surface area contributed by atoms with Gasteiger partial charge in [0.2, 0.25) is 0 Å². The average molecular weight is 240 g/mol. The number of nitrogens with zero attached hydrogens (tertiary/aromatic N) is 1. The molecule has 0 saturated carbocycles. The molecular weight excluding hydrogens is 233 g/mol. The minimum atomic E-state index is -0.248. The minimum Gasteiger partial charge on any atom is -0.229 e. The Hall–Kier alpha value is -1.06. The van der Waals surface area contributed by atoms with E-state index in [0.29, 0.717) is 5.15 Å². The van der Waals surface area contributed by atoms with E-state index in [1.165, 1.54) is 23.9 Å². The van der Waals surface area contributed by atoms with E-state index in [9.17, 15) is 4.39 Å². The molecule has 1 aromatic carbocycles. The first-order valence-corrected chi connectivity index (χ1v) is 5.49. The predicted octanol–water partition coefficient (Wildman–Crippen LogP) is 4.03. The molecule has 0 aliphatic rings. The summed E-state index contributed by atoms with van der Waals surface area (Å²) in [5.41, 5.74) is 0. The monoisotopic (exact) mass is 239 g/mol. The van der Waals surface area contributed by atoms with Crippen LogP contribution < -0.4 is 0 Å². The van der Waals surface area contributed by atoms with Crippen LogP contribution in [0.1, 0.15) is 0 Å². The number of halogens is 2. The van der Waals surface area contributed by atoms with Gasteiger partial charge in [0.05, 0.1) is 0 Å². The van der Waals surface area contributed by atoms with Crippen LogP contribution in [0.4, 0.5) is 4.39 Å². The van der Waals surface area contributed by atoms with Crippen molar-refractivity contribution in [3.8, 4) is 0 Å². The lowest BCUT2D eigenvalue weighted by Crippen LogP contribution is -1.80. The lowest BCUT2D eigenvalue weighted by Gasteiger charge is -2.00. The van der Waals surface area contributed by atoms with Gasteiger partial charge >= 0.3 is 0 Å². The van der Waals surface area contributed by atoms with Gasteiger partial charge in [0, 0.05) is 4.90 Å². The van der Waals surface area contributed by atoms with Gasteiger partial charge in [-0.15, -0.1) is 0 Å². The van der Waals surface area contributed by atoms with Crippen molar-refractivity contribution in [2.24, 2.45) is 0 Å². The highest BCUT2D eigenvalue weighted by atomic mass is 35.5. The average Bonchev–Trinajstić information content (AvgIpc) is 2.17. The zero-order valence-corrected chi connectivity index (χ0v) is 9.23. The Morgan fingerprint density at radius 1 is 1.13 bits per heavy atom. The van der Waals surface area contributed by atoms with E-state index in [1.807, 2.05) is 18.2 Å². The first kappa shape index (κ1) is 10.5. The SMILES string of the molecule is Fc1cccc(Sc2cccc(Cl)n2)c1. The van der Waals surface area contributed by atoms with Crippen LogP contribution in [0.3, 0.4) is 0 Å². The molecule has 0 unspecified atom stereocenters. The number of hydrogen-bond donors (Lipinski definition) is 0. The van der Waals surface area contributed by atoms with Crippen molar-refractivity contribution in [1.29, 1.82) is 0 Å². The Kier molecular flexibility index (Phi) is 3.23. The summed E-state index contributed by atoms with van der Waals surface area (Å²) in [6.45, 7) is 0. The summed E-state index contributed by atoms with van der Waals surface area (Å²) in [5, 5.41) is 1.20. The number of rotatable bonds is 2. The number of aromatic nitrogens is 1. The highest BCUT2D eigenvalue weighted by molar-refractivity contribution is 7.99. The van der Waals surface area contributed by atoms with E-state index < -0.39 is 0 Å². The Morgan fingerprint density at radius 3 is 2.67 bits per heavy atom. The smallest absolute Gasteiger partial charge is 0.130 e. The molecule has 0 radical (unpaired) electrons. The number of pyridine rings is 1. The molecule has 1 heterocycles. The summed E-state index contributed by atoms with van der Waals surface area (Å²) in [4.78, 5) is 4.91. The second-order valence-electron chi connectivity index (χ2n) is 2.86. The maximum Gasteiger partial charge on any atom is 0.130 e. The maximum atomic E-state index is 12.9. The lowest BCUT2D eigenvalue weighted by molar-refractivity contribution is 0.624. The summed E-state index contributed by atoms with van der Waals surface area (Å²) < 4.78 is 12.9. The van der Waals surface area contributed by atoms with Crippen molar-refractivity contribution >= 4 is 23.4 Å². The van der Waals surface area contributed by atoms with Crippen LogP contribution in [0.25, 0.3) is 0 Å². The summed E-state index contributed by atoms with van der Waals surface area (Å²) in [7, 11) is 0. The van der Waals surface area contributed by atoms with Crippen LogP contribution in [0.15, 0.2) is 52.4 Å². The van der Waals surface area contributed by atoms with Gasteiger partial charge in [0.15, 0.2) is 0 Å². The molecule has 0 fully saturated rings. The van der Waals surface area contributed by atoms with Crippen molar-refractivity contribution in [3.05, 3.63) is 53.4 Å². The third kappa shape index (κ3) is 2.94. The Bertz CT molecular complexity index is 432. The van der Waals surface area contributed by atoms with Crippen LogP contribution >= 0.6 is 23.4 Å². The van der Waals surface area contributed by atoms with Crippen LogP contribution in [-0.4, -0.2) is 4.98 Å². The quantitative estimate of drug-likeness (QED) is 0.734.